The summed E-state index contributed by atoms with van der Waals surface area (Å²) in [5, 5.41) is 3.25. The maximum Gasteiger partial charge on any atom is 0.350 e. The smallest absolute Gasteiger partial charge is 0.350 e. The van der Waals surface area contributed by atoms with Crippen LogP contribution in [0, 0.1) is 0 Å². The van der Waals surface area contributed by atoms with Crippen molar-refractivity contribution in [2.75, 3.05) is 5.32 Å². The van der Waals surface area contributed by atoms with Gasteiger partial charge in [0.15, 0.2) is 11.7 Å². The molecule has 1 amide bonds. The first kappa shape index (κ1) is 18.8. The summed E-state index contributed by atoms with van der Waals surface area (Å²) < 4.78 is 10.9. The Bertz CT molecular complexity index is 729. The van der Waals surface area contributed by atoms with Crippen LogP contribution in [0.15, 0.2) is 54.6 Å². The number of anilines is 1. The Labute approximate surface area is 151 Å². The van der Waals surface area contributed by atoms with E-state index in [4.69, 9.17) is 21.1 Å². The van der Waals surface area contributed by atoms with Crippen molar-refractivity contribution in [3.63, 3.8) is 0 Å². The fourth-order valence-corrected chi connectivity index (χ4v) is 2.09. The zero-order chi connectivity index (χ0) is 18.4. The Kier molecular flexibility index (Phi) is 6.04. The third kappa shape index (κ3) is 5.50. The highest BCUT2D eigenvalue weighted by Gasteiger charge is 2.34. The molecule has 0 saturated carbocycles. The van der Waals surface area contributed by atoms with E-state index in [0.29, 0.717) is 16.5 Å². The summed E-state index contributed by atoms with van der Waals surface area (Å²) in [6, 6.07) is 15.6. The number of esters is 1. The number of halogens is 1. The number of carbonyl (C=O) groups is 2. The fourth-order valence-electron chi connectivity index (χ4n) is 1.96. The van der Waals surface area contributed by atoms with Gasteiger partial charge in [0.25, 0.3) is 5.91 Å². The normalized spacial score (nSPS) is 12.2. The van der Waals surface area contributed by atoms with Gasteiger partial charge >= 0.3 is 5.97 Å². The molecule has 1 atom stereocenters. The number of para-hydroxylation sites is 1. The van der Waals surface area contributed by atoms with Crippen molar-refractivity contribution in [2.45, 2.75) is 32.5 Å². The lowest BCUT2D eigenvalue weighted by Gasteiger charge is -2.26. The summed E-state index contributed by atoms with van der Waals surface area (Å²) in [7, 11) is 0. The van der Waals surface area contributed by atoms with Crippen molar-refractivity contribution in [3.8, 4) is 5.75 Å². The van der Waals surface area contributed by atoms with Crippen molar-refractivity contribution >= 4 is 29.2 Å². The average molecular weight is 362 g/mol. The fraction of sp³-hybridized carbons (Fsp3) is 0.263. The first-order valence-corrected chi connectivity index (χ1v) is 8.17. The molecule has 0 aliphatic heterocycles. The van der Waals surface area contributed by atoms with Gasteiger partial charge in [-0.05, 0) is 57.2 Å². The minimum absolute atomic E-state index is 0.415. The number of ether oxygens (including phenoxy) is 2. The zero-order valence-electron chi connectivity index (χ0n) is 14.3. The van der Waals surface area contributed by atoms with Crippen molar-refractivity contribution in [1.29, 1.82) is 0 Å². The van der Waals surface area contributed by atoms with Gasteiger partial charge in [-0.25, -0.2) is 4.79 Å². The van der Waals surface area contributed by atoms with E-state index >= 15 is 0 Å². The van der Waals surface area contributed by atoms with Gasteiger partial charge < -0.3 is 14.8 Å². The topological polar surface area (TPSA) is 64.6 Å². The number of benzene rings is 2. The molecule has 5 nitrogen and oxygen atoms in total. The van der Waals surface area contributed by atoms with Crippen LogP contribution in [0.4, 0.5) is 5.69 Å². The molecule has 0 unspecified atom stereocenters. The molecule has 25 heavy (non-hydrogen) atoms. The minimum Gasteiger partial charge on any atom is -0.476 e. The van der Waals surface area contributed by atoms with Gasteiger partial charge in [-0.15, -0.1) is 0 Å². The Hall–Kier alpha value is -2.53. The number of carbonyl (C=O) groups excluding carboxylic acids is 2. The highest BCUT2D eigenvalue weighted by Crippen LogP contribution is 2.22. The molecule has 2 rings (SSSR count). The predicted octanol–water partition coefficient (Wildman–Crippen LogP) is 4.07. The van der Waals surface area contributed by atoms with Crippen LogP contribution >= 0.6 is 11.6 Å². The molecule has 1 N–H and O–H groups in total. The standard InChI is InChI=1S/C19H20ClNO4/c1-13(17(22)21-15-7-5-4-6-8-15)24-18(23)19(2,3)25-16-11-9-14(20)10-12-16/h4-13H,1-3H3,(H,21,22)/t13-/m1/s1. The number of amides is 1. The Morgan fingerprint density at radius 2 is 1.64 bits per heavy atom. The van der Waals surface area contributed by atoms with Gasteiger partial charge in [0.1, 0.15) is 5.75 Å². The van der Waals surface area contributed by atoms with Crippen LogP contribution in [0.25, 0.3) is 0 Å². The van der Waals surface area contributed by atoms with Crippen LogP contribution in [0.5, 0.6) is 5.75 Å². The molecule has 0 fully saturated rings. The molecule has 0 heterocycles. The van der Waals surface area contributed by atoms with E-state index in [1.165, 1.54) is 6.92 Å². The van der Waals surface area contributed by atoms with Gasteiger partial charge in [0.05, 0.1) is 0 Å². The number of hydrogen-bond acceptors (Lipinski definition) is 4. The van der Waals surface area contributed by atoms with Crippen molar-refractivity contribution in [3.05, 3.63) is 59.6 Å². The maximum absolute atomic E-state index is 12.4. The van der Waals surface area contributed by atoms with Crippen LogP contribution in [-0.2, 0) is 14.3 Å². The molecule has 0 saturated heterocycles. The van der Waals surface area contributed by atoms with Crippen molar-refractivity contribution in [2.24, 2.45) is 0 Å². The number of hydrogen-bond donors (Lipinski definition) is 1. The summed E-state index contributed by atoms with van der Waals surface area (Å²) in [5.74, 6) is -0.576. The van der Waals surface area contributed by atoms with Crippen LogP contribution in [-0.4, -0.2) is 23.6 Å². The highest BCUT2D eigenvalue weighted by atomic mass is 35.5. The molecular formula is C19H20ClNO4. The Morgan fingerprint density at radius 3 is 2.24 bits per heavy atom. The van der Waals surface area contributed by atoms with Crippen LogP contribution < -0.4 is 10.1 Å². The van der Waals surface area contributed by atoms with Gasteiger partial charge in [-0.3, -0.25) is 4.79 Å². The van der Waals surface area contributed by atoms with Crippen molar-refractivity contribution < 1.29 is 19.1 Å². The van der Waals surface area contributed by atoms with E-state index in [-0.39, 0.29) is 0 Å². The molecule has 0 aromatic heterocycles. The molecule has 0 radical (unpaired) electrons. The van der Waals surface area contributed by atoms with E-state index in [1.54, 1.807) is 62.4 Å². The second kappa shape index (κ2) is 8.03. The van der Waals surface area contributed by atoms with E-state index in [1.807, 2.05) is 6.07 Å². The van der Waals surface area contributed by atoms with Gasteiger partial charge in [0, 0.05) is 10.7 Å². The van der Waals surface area contributed by atoms with Gasteiger partial charge in [0.2, 0.25) is 0 Å². The Morgan fingerprint density at radius 1 is 1.04 bits per heavy atom. The lowest BCUT2D eigenvalue weighted by molar-refractivity contribution is -0.166. The second-order valence-electron chi connectivity index (χ2n) is 5.97. The molecule has 0 bridgehead atoms. The largest absolute Gasteiger partial charge is 0.476 e. The molecule has 2 aromatic carbocycles. The van der Waals surface area contributed by atoms with E-state index in [0.717, 1.165) is 0 Å². The molecule has 0 aliphatic carbocycles. The Balaban J connectivity index is 1.94. The molecule has 2 aromatic rings. The summed E-state index contributed by atoms with van der Waals surface area (Å²) >= 11 is 5.82. The van der Waals surface area contributed by atoms with Crippen LogP contribution in [0.3, 0.4) is 0 Å². The molecule has 0 spiro atoms. The van der Waals surface area contributed by atoms with Crippen molar-refractivity contribution in [1.82, 2.24) is 0 Å². The maximum atomic E-state index is 12.4. The SMILES string of the molecule is C[C@@H](OC(=O)C(C)(C)Oc1ccc(Cl)cc1)C(=O)Nc1ccccc1. The minimum atomic E-state index is -1.25. The summed E-state index contributed by atoms with van der Waals surface area (Å²) in [4.78, 5) is 24.5. The van der Waals surface area contributed by atoms with E-state index < -0.39 is 23.6 Å². The third-order valence-electron chi connectivity index (χ3n) is 3.37. The second-order valence-corrected chi connectivity index (χ2v) is 6.41. The summed E-state index contributed by atoms with van der Waals surface area (Å²) in [6.07, 6.45) is -0.958. The lowest BCUT2D eigenvalue weighted by Crippen LogP contribution is -2.43. The molecular weight excluding hydrogens is 342 g/mol. The first-order valence-electron chi connectivity index (χ1n) is 7.79. The summed E-state index contributed by atoms with van der Waals surface area (Å²) in [5.41, 5.74) is -0.623. The van der Waals surface area contributed by atoms with Gasteiger partial charge in [-0.1, -0.05) is 29.8 Å². The van der Waals surface area contributed by atoms with Crippen LogP contribution in [0.1, 0.15) is 20.8 Å². The summed E-state index contributed by atoms with van der Waals surface area (Å²) in [6.45, 7) is 4.66. The average Bonchev–Trinajstić information content (AvgIpc) is 2.57. The predicted molar refractivity (Wildman–Crippen MR) is 96.8 cm³/mol. The van der Waals surface area contributed by atoms with E-state index in [2.05, 4.69) is 5.32 Å². The van der Waals surface area contributed by atoms with E-state index in [9.17, 15) is 9.59 Å². The zero-order valence-corrected chi connectivity index (χ0v) is 15.0. The van der Waals surface area contributed by atoms with Gasteiger partial charge in [-0.2, -0.15) is 0 Å². The lowest BCUT2D eigenvalue weighted by atomic mass is 10.1. The first-order chi connectivity index (χ1) is 11.8. The quantitative estimate of drug-likeness (QED) is 0.788. The monoisotopic (exact) mass is 361 g/mol. The van der Waals surface area contributed by atoms with Crippen LogP contribution in [0.2, 0.25) is 5.02 Å². The third-order valence-corrected chi connectivity index (χ3v) is 3.62. The molecule has 132 valence electrons. The number of nitrogens with one attached hydrogen (secondary N) is 1. The molecule has 6 heteroatoms. The molecule has 0 aliphatic rings. The number of rotatable bonds is 6. The highest BCUT2D eigenvalue weighted by molar-refractivity contribution is 6.30.